The Morgan fingerprint density at radius 2 is 1.88 bits per heavy atom. The fourth-order valence-corrected chi connectivity index (χ4v) is 2.89. The van der Waals surface area contributed by atoms with Gasteiger partial charge in [0.15, 0.2) is 5.78 Å². The lowest BCUT2D eigenvalue weighted by Gasteiger charge is -2.25. The molecule has 1 heterocycles. The van der Waals surface area contributed by atoms with Crippen molar-refractivity contribution in [1.82, 2.24) is 0 Å². The number of fused-ring (bicyclic) bond motifs is 2. The first-order chi connectivity index (χ1) is 8.36. The molecule has 0 amide bonds. The number of aliphatic imine (C=N–C) groups is 1. The van der Waals surface area contributed by atoms with Crippen LogP contribution in [0.4, 0.5) is 5.69 Å². The van der Waals surface area contributed by atoms with Crippen molar-refractivity contribution in [2.75, 3.05) is 0 Å². The summed E-state index contributed by atoms with van der Waals surface area (Å²) in [6.45, 7) is 0. The highest BCUT2D eigenvalue weighted by molar-refractivity contribution is 6.18. The van der Waals surface area contributed by atoms with Crippen molar-refractivity contribution in [3.05, 3.63) is 29.8 Å². The van der Waals surface area contributed by atoms with Crippen LogP contribution in [0.2, 0.25) is 0 Å². The van der Waals surface area contributed by atoms with Crippen molar-refractivity contribution in [1.29, 1.82) is 0 Å². The first-order valence-electron chi connectivity index (χ1n) is 6.57. The van der Waals surface area contributed by atoms with Crippen LogP contribution in [0.15, 0.2) is 29.3 Å². The molecular weight excluding hydrogens is 210 g/mol. The van der Waals surface area contributed by atoms with Crippen LogP contribution in [0, 0.1) is 5.92 Å². The fraction of sp³-hybridized carbons (Fsp3) is 0.467. The molecule has 1 aliphatic heterocycles. The average Bonchev–Trinajstić information content (AvgIpc) is 2.32. The standard InChI is InChI=1S/C15H17NO/c17-15-11-7-3-1-2-4-9-13(11)16-14-10-6-5-8-12(14)15/h5-6,8,10-11H,1-4,7,9H2. The maximum Gasteiger partial charge on any atom is 0.173 e. The Balaban J connectivity index is 2.02. The molecule has 1 fully saturated rings. The Morgan fingerprint density at radius 1 is 1.06 bits per heavy atom. The fourth-order valence-electron chi connectivity index (χ4n) is 2.89. The molecule has 1 atom stereocenters. The van der Waals surface area contributed by atoms with Gasteiger partial charge in [-0.1, -0.05) is 31.4 Å². The summed E-state index contributed by atoms with van der Waals surface area (Å²) >= 11 is 0. The van der Waals surface area contributed by atoms with E-state index in [-0.39, 0.29) is 5.92 Å². The first-order valence-corrected chi connectivity index (χ1v) is 6.57. The predicted molar refractivity (Wildman–Crippen MR) is 69.1 cm³/mol. The summed E-state index contributed by atoms with van der Waals surface area (Å²) in [5.41, 5.74) is 2.83. The van der Waals surface area contributed by atoms with Crippen LogP contribution < -0.4 is 0 Å². The lowest BCUT2D eigenvalue weighted by atomic mass is 9.82. The van der Waals surface area contributed by atoms with Gasteiger partial charge < -0.3 is 0 Å². The third-order valence-corrected chi connectivity index (χ3v) is 3.83. The number of rotatable bonds is 0. The zero-order chi connectivity index (χ0) is 11.7. The summed E-state index contributed by atoms with van der Waals surface area (Å²) in [6.07, 6.45) is 6.89. The van der Waals surface area contributed by atoms with E-state index in [9.17, 15) is 4.79 Å². The molecule has 0 N–H and O–H groups in total. The summed E-state index contributed by atoms with van der Waals surface area (Å²) in [4.78, 5) is 17.2. The molecule has 0 radical (unpaired) electrons. The molecule has 1 aromatic carbocycles. The maximum atomic E-state index is 12.4. The van der Waals surface area contributed by atoms with E-state index in [0.717, 1.165) is 36.2 Å². The van der Waals surface area contributed by atoms with E-state index in [1.165, 1.54) is 19.3 Å². The van der Waals surface area contributed by atoms with Crippen molar-refractivity contribution in [3.63, 3.8) is 0 Å². The van der Waals surface area contributed by atoms with Gasteiger partial charge in [0.25, 0.3) is 0 Å². The molecule has 3 rings (SSSR count). The van der Waals surface area contributed by atoms with Crippen molar-refractivity contribution in [2.24, 2.45) is 10.9 Å². The highest BCUT2D eigenvalue weighted by Crippen LogP contribution is 2.33. The van der Waals surface area contributed by atoms with E-state index in [1.54, 1.807) is 0 Å². The minimum absolute atomic E-state index is 0.0743. The lowest BCUT2D eigenvalue weighted by Crippen LogP contribution is -2.28. The SMILES string of the molecule is O=C1c2ccccc2N=C2CCCCCCC12. The number of benzene rings is 1. The van der Waals surface area contributed by atoms with Crippen LogP contribution in [0.3, 0.4) is 0 Å². The van der Waals surface area contributed by atoms with Crippen LogP contribution >= 0.6 is 0 Å². The lowest BCUT2D eigenvalue weighted by molar-refractivity contribution is 0.0945. The van der Waals surface area contributed by atoms with Gasteiger partial charge in [0.2, 0.25) is 0 Å². The van der Waals surface area contributed by atoms with Gasteiger partial charge in [0, 0.05) is 11.3 Å². The number of hydrogen-bond donors (Lipinski definition) is 0. The van der Waals surface area contributed by atoms with Crippen LogP contribution in [0.1, 0.15) is 48.9 Å². The zero-order valence-corrected chi connectivity index (χ0v) is 9.98. The number of hydrogen-bond acceptors (Lipinski definition) is 2. The molecule has 2 nitrogen and oxygen atoms in total. The van der Waals surface area contributed by atoms with Crippen LogP contribution in [0.25, 0.3) is 0 Å². The van der Waals surface area contributed by atoms with Gasteiger partial charge in [-0.05, 0) is 31.4 Å². The predicted octanol–water partition coefficient (Wildman–Crippen LogP) is 3.93. The number of carbonyl (C=O) groups excluding carboxylic acids is 1. The molecule has 1 aromatic rings. The molecule has 1 aliphatic carbocycles. The van der Waals surface area contributed by atoms with Gasteiger partial charge >= 0.3 is 0 Å². The molecular formula is C15H17NO. The van der Waals surface area contributed by atoms with Crippen molar-refractivity contribution < 1.29 is 4.79 Å². The molecule has 1 unspecified atom stereocenters. The second-order valence-electron chi connectivity index (χ2n) is 4.99. The molecule has 0 bridgehead atoms. The van der Waals surface area contributed by atoms with E-state index in [1.807, 2.05) is 24.3 Å². The molecule has 88 valence electrons. The van der Waals surface area contributed by atoms with Gasteiger partial charge in [-0.2, -0.15) is 0 Å². The van der Waals surface area contributed by atoms with E-state index < -0.39 is 0 Å². The Hall–Kier alpha value is -1.44. The Bertz CT molecular complexity index is 476. The normalized spacial score (nSPS) is 24.1. The number of nitrogens with zero attached hydrogens (tertiary/aromatic N) is 1. The Labute approximate surface area is 102 Å². The largest absolute Gasteiger partial charge is 0.293 e. The van der Waals surface area contributed by atoms with Gasteiger partial charge in [0.05, 0.1) is 11.6 Å². The van der Waals surface area contributed by atoms with Gasteiger partial charge in [-0.3, -0.25) is 9.79 Å². The summed E-state index contributed by atoms with van der Waals surface area (Å²) in [5, 5.41) is 0. The molecule has 1 saturated carbocycles. The summed E-state index contributed by atoms with van der Waals surface area (Å²) in [6, 6.07) is 7.76. The molecule has 2 aliphatic rings. The molecule has 0 aromatic heterocycles. The number of ketones is 1. The number of carbonyl (C=O) groups is 1. The Morgan fingerprint density at radius 3 is 2.82 bits per heavy atom. The van der Waals surface area contributed by atoms with Crippen LogP contribution in [0.5, 0.6) is 0 Å². The smallest absolute Gasteiger partial charge is 0.173 e. The zero-order valence-electron chi connectivity index (χ0n) is 9.98. The molecule has 17 heavy (non-hydrogen) atoms. The first kappa shape index (κ1) is 10.7. The maximum absolute atomic E-state index is 12.4. The minimum atomic E-state index is 0.0743. The summed E-state index contributed by atoms with van der Waals surface area (Å²) in [5.74, 6) is 0.373. The number of para-hydroxylation sites is 1. The summed E-state index contributed by atoms with van der Waals surface area (Å²) in [7, 11) is 0. The van der Waals surface area contributed by atoms with Crippen molar-refractivity contribution in [3.8, 4) is 0 Å². The highest BCUT2D eigenvalue weighted by Gasteiger charge is 2.30. The second kappa shape index (κ2) is 4.44. The van der Waals surface area contributed by atoms with Crippen LogP contribution in [-0.4, -0.2) is 11.5 Å². The molecule has 0 spiro atoms. The number of Topliss-reactive ketones (excluding diaryl/α,β-unsaturated/α-hetero) is 1. The van der Waals surface area contributed by atoms with E-state index in [0.29, 0.717) is 5.78 Å². The highest BCUT2D eigenvalue weighted by atomic mass is 16.1. The van der Waals surface area contributed by atoms with Gasteiger partial charge in [-0.15, -0.1) is 0 Å². The second-order valence-corrected chi connectivity index (χ2v) is 4.99. The average molecular weight is 227 g/mol. The monoisotopic (exact) mass is 227 g/mol. The van der Waals surface area contributed by atoms with Gasteiger partial charge in [-0.25, -0.2) is 0 Å². The third kappa shape index (κ3) is 1.92. The van der Waals surface area contributed by atoms with Crippen molar-refractivity contribution in [2.45, 2.75) is 38.5 Å². The van der Waals surface area contributed by atoms with Crippen molar-refractivity contribution >= 4 is 17.2 Å². The minimum Gasteiger partial charge on any atom is -0.293 e. The Kier molecular flexibility index (Phi) is 2.79. The summed E-state index contributed by atoms with van der Waals surface area (Å²) < 4.78 is 0. The van der Waals surface area contributed by atoms with E-state index in [4.69, 9.17) is 4.99 Å². The van der Waals surface area contributed by atoms with E-state index >= 15 is 0 Å². The topological polar surface area (TPSA) is 29.4 Å². The van der Waals surface area contributed by atoms with E-state index in [2.05, 4.69) is 0 Å². The molecule has 2 heteroatoms. The third-order valence-electron chi connectivity index (χ3n) is 3.83. The quantitative estimate of drug-likeness (QED) is 0.660. The van der Waals surface area contributed by atoms with Crippen LogP contribution in [-0.2, 0) is 0 Å². The van der Waals surface area contributed by atoms with Gasteiger partial charge in [0.1, 0.15) is 0 Å². The molecule has 0 saturated heterocycles.